The lowest BCUT2D eigenvalue weighted by molar-refractivity contribution is -0.119. The monoisotopic (exact) mass is 125 g/mol. The van der Waals surface area contributed by atoms with Crippen molar-refractivity contribution in [3.63, 3.8) is 0 Å². The van der Waals surface area contributed by atoms with Gasteiger partial charge in [0, 0.05) is 7.05 Å². The second kappa shape index (κ2) is 3.89. The minimum atomic E-state index is -0.0279. The van der Waals surface area contributed by atoms with Crippen LogP contribution in [0.25, 0.3) is 0 Å². The van der Waals surface area contributed by atoms with Gasteiger partial charge in [0.25, 0.3) is 0 Å². The lowest BCUT2D eigenvalue weighted by Crippen LogP contribution is -2.17. The maximum atomic E-state index is 10.6. The maximum absolute atomic E-state index is 10.6. The van der Waals surface area contributed by atoms with Crippen LogP contribution in [0.1, 0.15) is 6.42 Å². The Kier molecular flexibility index (Phi) is 3.44. The topological polar surface area (TPSA) is 29.1 Å². The maximum Gasteiger partial charge on any atom is 0.224 e. The Morgan fingerprint density at radius 2 is 2.33 bits per heavy atom. The van der Waals surface area contributed by atoms with E-state index in [4.69, 9.17) is 0 Å². The van der Waals surface area contributed by atoms with Gasteiger partial charge in [0.15, 0.2) is 0 Å². The summed E-state index contributed by atoms with van der Waals surface area (Å²) in [5.41, 5.74) is 0.745. The van der Waals surface area contributed by atoms with Gasteiger partial charge in [-0.05, 0) is 5.57 Å². The highest BCUT2D eigenvalue weighted by molar-refractivity contribution is 5.78. The normalized spacial score (nSPS) is 8.11. The molecule has 0 aliphatic carbocycles. The highest BCUT2D eigenvalue weighted by atomic mass is 16.1. The summed E-state index contributed by atoms with van der Waals surface area (Å²) in [7, 11) is 1.60. The van der Waals surface area contributed by atoms with Gasteiger partial charge in [0.1, 0.15) is 0 Å². The predicted octanol–water partition coefficient (Wildman–Crippen LogP) is 0.865. The predicted molar refractivity (Wildman–Crippen MR) is 38.0 cm³/mol. The summed E-state index contributed by atoms with van der Waals surface area (Å²) in [6.07, 6.45) is 1.93. The molecule has 2 nitrogen and oxygen atoms in total. The van der Waals surface area contributed by atoms with Crippen molar-refractivity contribution in [1.29, 1.82) is 0 Å². The van der Waals surface area contributed by atoms with Crippen molar-refractivity contribution in [3.05, 3.63) is 24.8 Å². The number of rotatable bonds is 3. The highest BCUT2D eigenvalue weighted by Crippen LogP contribution is 1.96. The largest absolute Gasteiger partial charge is 0.359 e. The van der Waals surface area contributed by atoms with Gasteiger partial charge in [-0.3, -0.25) is 4.79 Å². The molecule has 2 heteroatoms. The fourth-order valence-corrected chi connectivity index (χ4v) is 0.367. The molecule has 0 saturated carbocycles. The van der Waals surface area contributed by atoms with Crippen molar-refractivity contribution in [2.24, 2.45) is 0 Å². The van der Waals surface area contributed by atoms with E-state index in [-0.39, 0.29) is 5.91 Å². The number of hydrogen-bond donors (Lipinski definition) is 1. The molecule has 0 saturated heterocycles. The summed E-state index contributed by atoms with van der Waals surface area (Å²) < 4.78 is 0. The summed E-state index contributed by atoms with van der Waals surface area (Å²) in [5.74, 6) is -0.0279. The standard InChI is InChI=1S/C7H11NO/c1-4-6(2)5-7(9)8-3/h4H,1-2,5H2,3H3,(H,8,9). The Balaban J connectivity index is 3.59. The fraction of sp³-hybridized carbons (Fsp3) is 0.286. The summed E-state index contributed by atoms with van der Waals surface area (Å²) in [5, 5.41) is 2.48. The molecule has 0 aromatic rings. The first-order valence-electron chi connectivity index (χ1n) is 2.71. The van der Waals surface area contributed by atoms with Crippen LogP contribution in [0.2, 0.25) is 0 Å². The average Bonchev–Trinajstić information content (AvgIpc) is 1.87. The van der Waals surface area contributed by atoms with Crippen molar-refractivity contribution >= 4 is 5.91 Å². The van der Waals surface area contributed by atoms with Crippen molar-refractivity contribution in [2.75, 3.05) is 7.05 Å². The highest BCUT2D eigenvalue weighted by Gasteiger charge is 1.95. The average molecular weight is 125 g/mol. The van der Waals surface area contributed by atoms with Gasteiger partial charge in [0.05, 0.1) is 6.42 Å². The molecule has 1 N–H and O–H groups in total. The Morgan fingerprint density at radius 3 is 2.67 bits per heavy atom. The van der Waals surface area contributed by atoms with Crippen LogP contribution >= 0.6 is 0 Å². The molecular formula is C7H11NO. The van der Waals surface area contributed by atoms with Crippen molar-refractivity contribution in [1.82, 2.24) is 5.32 Å². The van der Waals surface area contributed by atoms with Gasteiger partial charge in [0.2, 0.25) is 5.91 Å². The first kappa shape index (κ1) is 7.95. The van der Waals surface area contributed by atoms with Crippen LogP contribution in [-0.4, -0.2) is 13.0 Å². The zero-order valence-corrected chi connectivity index (χ0v) is 5.61. The first-order valence-corrected chi connectivity index (χ1v) is 2.71. The molecule has 0 fully saturated rings. The molecule has 0 bridgehead atoms. The third kappa shape index (κ3) is 3.53. The van der Waals surface area contributed by atoms with Gasteiger partial charge >= 0.3 is 0 Å². The van der Waals surface area contributed by atoms with Crippen LogP contribution < -0.4 is 5.32 Å². The van der Waals surface area contributed by atoms with E-state index in [2.05, 4.69) is 18.5 Å². The van der Waals surface area contributed by atoms with Gasteiger partial charge in [-0.2, -0.15) is 0 Å². The van der Waals surface area contributed by atoms with Crippen LogP contribution in [0.3, 0.4) is 0 Å². The van der Waals surface area contributed by atoms with E-state index in [0.717, 1.165) is 5.57 Å². The fourth-order valence-electron chi connectivity index (χ4n) is 0.367. The molecule has 0 aliphatic rings. The minimum Gasteiger partial charge on any atom is -0.359 e. The molecule has 0 aliphatic heterocycles. The molecular weight excluding hydrogens is 114 g/mol. The smallest absolute Gasteiger partial charge is 0.224 e. The molecule has 0 aromatic heterocycles. The van der Waals surface area contributed by atoms with Crippen molar-refractivity contribution < 1.29 is 4.79 Å². The van der Waals surface area contributed by atoms with Crippen LogP contribution in [-0.2, 0) is 4.79 Å². The first-order chi connectivity index (χ1) is 4.20. The molecule has 0 aromatic carbocycles. The quantitative estimate of drug-likeness (QED) is 0.557. The Labute approximate surface area is 55.3 Å². The molecule has 0 radical (unpaired) electrons. The van der Waals surface area contributed by atoms with Crippen molar-refractivity contribution in [3.8, 4) is 0 Å². The Morgan fingerprint density at radius 1 is 1.78 bits per heavy atom. The minimum absolute atomic E-state index is 0.0279. The lowest BCUT2D eigenvalue weighted by atomic mass is 10.2. The Bertz CT molecular complexity index is 138. The second-order valence-electron chi connectivity index (χ2n) is 1.71. The van der Waals surface area contributed by atoms with E-state index < -0.39 is 0 Å². The Hall–Kier alpha value is -1.05. The number of nitrogens with one attached hydrogen (secondary N) is 1. The summed E-state index contributed by atoms with van der Waals surface area (Å²) in [6, 6.07) is 0. The number of carbonyl (C=O) groups is 1. The van der Waals surface area contributed by atoms with Gasteiger partial charge in [-0.25, -0.2) is 0 Å². The molecule has 0 unspecified atom stereocenters. The van der Waals surface area contributed by atoms with E-state index in [1.165, 1.54) is 0 Å². The van der Waals surface area contributed by atoms with E-state index in [9.17, 15) is 4.79 Å². The van der Waals surface area contributed by atoms with Gasteiger partial charge < -0.3 is 5.32 Å². The molecule has 0 heterocycles. The zero-order chi connectivity index (χ0) is 7.28. The molecule has 0 spiro atoms. The molecule has 9 heavy (non-hydrogen) atoms. The van der Waals surface area contributed by atoms with E-state index in [0.29, 0.717) is 6.42 Å². The van der Waals surface area contributed by atoms with E-state index >= 15 is 0 Å². The number of hydrogen-bond acceptors (Lipinski definition) is 1. The van der Waals surface area contributed by atoms with Crippen LogP contribution in [0.5, 0.6) is 0 Å². The number of carbonyl (C=O) groups excluding carboxylic acids is 1. The van der Waals surface area contributed by atoms with Crippen LogP contribution in [0, 0.1) is 0 Å². The second-order valence-corrected chi connectivity index (χ2v) is 1.71. The molecule has 1 amide bonds. The van der Waals surface area contributed by atoms with E-state index in [1.807, 2.05) is 0 Å². The summed E-state index contributed by atoms with van der Waals surface area (Å²) in [6.45, 7) is 7.05. The number of allylic oxidation sites excluding steroid dienone is 1. The third-order valence-electron chi connectivity index (χ3n) is 0.955. The summed E-state index contributed by atoms with van der Waals surface area (Å²) >= 11 is 0. The summed E-state index contributed by atoms with van der Waals surface area (Å²) in [4.78, 5) is 10.6. The third-order valence-corrected chi connectivity index (χ3v) is 0.955. The zero-order valence-electron chi connectivity index (χ0n) is 5.61. The van der Waals surface area contributed by atoms with Crippen LogP contribution in [0.4, 0.5) is 0 Å². The molecule has 0 atom stereocenters. The lowest BCUT2D eigenvalue weighted by Gasteiger charge is -1.96. The SMILES string of the molecule is C=CC(=C)CC(=O)NC. The van der Waals surface area contributed by atoms with Gasteiger partial charge in [-0.1, -0.05) is 19.2 Å². The molecule has 0 rings (SSSR count). The van der Waals surface area contributed by atoms with E-state index in [1.54, 1.807) is 13.1 Å². The van der Waals surface area contributed by atoms with Gasteiger partial charge in [-0.15, -0.1) is 0 Å². The van der Waals surface area contributed by atoms with Crippen LogP contribution in [0.15, 0.2) is 24.8 Å². The molecule has 50 valence electrons. The number of amides is 1. The van der Waals surface area contributed by atoms with Crippen molar-refractivity contribution in [2.45, 2.75) is 6.42 Å².